The summed E-state index contributed by atoms with van der Waals surface area (Å²) in [6.45, 7) is 0.645. The Balaban J connectivity index is 1.62. The number of nitrogens with two attached hydrogens (primary N) is 1. The van der Waals surface area contributed by atoms with Crippen LogP contribution in [0.3, 0.4) is 0 Å². The number of benzene rings is 2. The van der Waals surface area contributed by atoms with E-state index in [-0.39, 0.29) is 5.95 Å². The number of hydrogen-bond donors (Lipinski definition) is 3. The van der Waals surface area contributed by atoms with Crippen molar-refractivity contribution < 1.29 is 0 Å². The minimum absolute atomic E-state index is 0.209. The molecule has 0 spiro atoms. The first-order valence-electron chi connectivity index (χ1n) is 7.75. The molecule has 2 aromatic heterocycles. The van der Waals surface area contributed by atoms with E-state index in [9.17, 15) is 0 Å². The minimum Gasteiger partial charge on any atom is -0.381 e. The summed E-state index contributed by atoms with van der Waals surface area (Å²) in [6.07, 6.45) is 1.68. The number of anilines is 2. The van der Waals surface area contributed by atoms with Gasteiger partial charge in [-0.2, -0.15) is 10.1 Å². The Kier molecular flexibility index (Phi) is 3.95. The lowest BCUT2D eigenvalue weighted by Gasteiger charge is -2.09. The Morgan fingerprint density at radius 1 is 1.12 bits per heavy atom. The van der Waals surface area contributed by atoms with Crippen molar-refractivity contribution in [3.05, 3.63) is 65.3 Å². The van der Waals surface area contributed by atoms with Crippen molar-refractivity contribution in [1.82, 2.24) is 20.2 Å². The smallest absolute Gasteiger partial charge is 0.222 e. The zero-order chi connectivity index (χ0) is 17.2. The van der Waals surface area contributed by atoms with Gasteiger partial charge in [-0.3, -0.25) is 5.10 Å². The van der Waals surface area contributed by atoms with Crippen LogP contribution in [-0.4, -0.2) is 20.2 Å². The average molecular weight is 351 g/mol. The molecule has 2 heterocycles. The molecule has 0 atom stereocenters. The van der Waals surface area contributed by atoms with E-state index in [1.807, 2.05) is 48.5 Å². The fourth-order valence-electron chi connectivity index (χ4n) is 2.66. The highest BCUT2D eigenvalue weighted by molar-refractivity contribution is 6.31. The van der Waals surface area contributed by atoms with Crippen LogP contribution in [0.25, 0.3) is 22.3 Å². The molecule has 7 heteroatoms. The first-order chi connectivity index (χ1) is 12.2. The number of H-pyrrole nitrogens is 1. The number of nitrogen functional groups attached to an aromatic ring is 1. The van der Waals surface area contributed by atoms with Gasteiger partial charge in [-0.05, 0) is 23.8 Å². The normalized spacial score (nSPS) is 10.9. The first kappa shape index (κ1) is 15.4. The number of halogens is 1. The molecule has 0 bridgehead atoms. The number of fused-ring (bicyclic) bond motifs is 1. The van der Waals surface area contributed by atoms with Gasteiger partial charge in [0.05, 0.1) is 11.1 Å². The van der Waals surface area contributed by atoms with Crippen LogP contribution in [0.2, 0.25) is 5.02 Å². The number of aromatic nitrogens is 4. The van der Waals surface area contributed by atoms with Gasteiger partial charge in [-0.1, -0.05) is 41.9 Å². The van der Waals surface area contributed by atoms with Gasteiger partial charge < -0.3 is 11.1 Å². The van der Waals surface area contributed by atoms with Crippen LogP contribution in [0.4, 0.5) is 11.6 Å². The van der Waals surface area contributed by atoms with Crippen LogP contribution in [0.5, 0.6) is 0 Å². The molecule has 4 N–H and O–H groups in total. The summed E-state index contributed by atoms with van der Waals surface area (Å²) >= 11 is 6.20. The van der Waals surface area contributed by atoms with Gasteiger partial charge in [0.15, 0.2) is 5.65 Å². The molecule has 0 fully saturated rings. The van der Waals surface area contributed by atoms with Gasteiger partial charge >= 0.3 is 0 Å². The standard InChI is InChI=1S/C18H15ClN6/c19-15-7-2-1-4-12(15)9-21-13-6-3-5-11(8-13)16-14-10-22-18(20)23-17(14)25-24-16/h1-8,10,21H,9H2,(H3,20,22,23,24,25). The maximum absolute atomic E-state index is 6.20. The molecule has 0 radical (unpaired) electrons. The van der Waals surface area contributed by atoms with E-state index in [4.69, 9.17) is 17.3 Å². The molecule has 0 saturated carbocycles. The monoisotopic (exact) mass is 350 g/mol. The quantitative estimate of drug-likeness (QED) is 0.519. The Bertz CT molecular complexity index is 1040. The van der Waals surface area contributed by atoms with Gasteiger partial charge in [0.2, 0.25) is 5.95 Å². The van der Waals surface area contributed by atoms with Crippen LogP contribution in [0, 0.1) is 0 Å². The number of nitrogens with one attached hydrogen (secondary N) is 2. The van der Waals surface area contributed by atoms with E-state index in [2.05, 4.69) is 25.5 Å². The molecular weight excluding hydrogens is 336 g/mol. The van der Waals surface area contributed by atoms with Crippen LogP contribution in [-0.2, 0) is 6.54 Å². The highest BCUT2D eigenvalue weighted by Gasteiger charge is 2.10. The summed E-state index contributed by atoms with van der Waals surface area (Å²) in [5.41, 5.74) is 10.0. The maximum Gasteiger partial charge on any atom is 0.222 e. The van der Waals surface area contributed by atoms with E-state index >= 15 is 0 Å². The molecule has 0 amide bonds. The maximum atomic E-state index is 6.20. The Hall–Kier alpha value is -3.12. The summed E-state index contributed by atoms with van der Waals surface area (Å²) in [6, 6.07) is 15.8. The number of nitrogens with zero attached hydrogens (tertiary/aromatic N) is 3. The van der Waals surface area contributed by atoms with Gasteiger partial charge in [0.25, 0.3) is 0 Å². The second-order valence-electron chi connectivity index (χ2n) is 5.59. The molecule has 0 unspecified atom stereocenters. The summed E-state index contributed by atoms with van der Waals surface area (Å²) < 4.78 is 0. The summed E-state index contributed by atoms with van der Waals surface area (Å²) in [5, 5.41) is 12.2. The molecular formula is C18H15ClN6. The molecule has 4 aromatic rings. The van der Waals surface area contributed by atoms with Crippen LogP contribution < -0.4 is 11.1 Å². The molecule has 25 heavy (non-hydrogen) atoms. The van der Waals surface area contributed by atoms with Crippen molar-refractivity contribution in [3.8, 4) is 11.3 Å². The van der Waals surface area contributed by atoms with E-state index in [0.717, 1.165) is 32.9 Å². The van der Waals surface area contributed by atoms with Crippen molar-refractivity contribution >= 4 is 34.3 Å². The highest BCUT2D eigenvalue weighted by Crippen LogP contribution is 2.27. The van der Waals surface area contributed by atoms with Crippen LogP contribution in [0.1, 0.15) is 5.56 Å². The third kappa shape index (κ3) is 3.12. The highest BCUT2D eigenvalue weighted by atomic mass is 35.5. The van der Waals surface area contributed by atoms with Gasteiger partial charge in [0.1, 0.15) is 0 Å². The first-order valence-corrected chi connectivity index (χ1v) is 8.13. The molecule has 0 aliphatic heterocycles. The largest absolute Gasteiger partial charge is 0.381 e. The average Bonchev–Trinajstić information content (AvgIpc) is 3.04. The fourth-order valence-corrected chi connectivity index (χ4v) is 2.86. The minimum atomic E-state index is 0.209. The zero-order valence-electron chi connectivity index (χ0n) is 13.2. The van der Waals surface area contributed by atoms with Gasteiger partial charge in [-0.25, -0.2) is 4.98 Å². The molecule has 2 aromatic carbocycles. The molecule has 124 valence electrons. The Labute approximate surface area is 149 Å². The fraction of sp³-hybridized carbons (Fsp3) is 0.0556. The van der Waals surface area contributed by atoms with E-state index in [0.29, 0.717) is 12.2 Å². The third-order valence-electron chi connectivity index (χ3n) is 3.92. The van der Waals surface area contributed by atoms with Crippen molar-refractivity contribution in [3.63, 3.8) is 0 Å². The van der Waals surface area contributed by atoms with E-state index in [1.165, 1.54) is 0 Å². The lowest BCUT2D eigenvalue weighted by Crippen LogP contribution is -2.00. The molecule has 0 aliphatic carbocycles. The van der Waals surface area contributed by atoms with Crippen molar-refractivity contribution in [2.45, 2.75) is 6.54 Å². The second-order valence-corrected chi connectivity index (χ2v) is 6.00. The van der Waals surface area contributed by atoms with Crippen LogP contribution in [0.15, 0.2) is 54.7 Å². The topological polar surface area (TPSA) is 92.5 Å². The number of hydrogen-bond acceptors (Lipinski definition) is 5. The Morgan fingerprint density at radius 3 is 2.88 bits per heavy atom. The second kappa shape index (κ2) is 6.41. The molecule has 0 aliphatic rings. The van der Waals surface area contributed by atoms with Crippen molar-refractivity contribution in [2.75, 3.05) is 11.1 Å². The summed E-state index contributed by atoms with van der Waals surface area (Å²) in [5.74, 6) is 0.209. The number of aromatic amines is 1. The molecule has 0 saturated heterocycles. The zero-order valence-corrected chi connectivity index (χ0v) is 14.0. The lowest BCUT2D eigenvalue weighted by atomic mass is 10.1. The predicted octanol–water partition coefficient (Wildman–Crippen LogP) is 3.87. The SMILES string of the molecule is Nc1ncc2c(-c3cccc(NCc4ccccc4Cl)c3)[nH]nc2n1. The van der Waals surface area contributed by atoms with Crippen LogP contribution >= 0.6 is 11.6 Å². The van der Waals surface area contributed by atoms with Gasteiger partial charge in [-0.15, -0.1) is 0 Å². The molecule has 6 nitrogen and oxygen atoms in total. The summed E-state index contributed by atoms with van der Waals surface area (Å²) in [7, 11) is 0. The van der Waals surface area contributed by atoms with E-state index in [1.54, 1.807) is 6.20 Å². The Morgan fingerprint density at radius 2 is 2.00 bits per heavy atom. The number of rotatable bonds is 4. The third-order valence-corrected chi connectivity index (χ3v) is 4.29. The summed E-state index contributed by atoms with van der Waals surface area (Å²) in [4.78, 5) is 8.17. The van der Waals surface area contributed by atoms with Gasteiger partial charge in [0, 0.05) is 29.0 Å². The van der Waals surface area contributed by atoms with E-state index < -0.39 is 0 Å². The van der Waals surface area contributed by atoms with Crippen molar-refractivity contribution in [2.24, 2.45) is 0 Å². The lowest BCUT2D eigenvalue weighted by molar-refractivity contribution is 1.09. The predicted molar refractivity (Wildman–Crippen MR) is 100 cm³/mol. The molecule has 4 rings (SSSR count). The van der Waals surface area contributed by atoms with Crippen molar-refractivity contribution in [1.29, 1.82) is 0 Å².